The zero-order valence-corrected chi connectivity index (χ0v) is 19.9. The largest absolute Gasteiger partial charge is 0.480 e. The number of hydrogen-bond acceptors (Lipinski definition) is 7. The van der Waals surface area contributed by atoms with Gasteiger partial charge in [-0.1, -0.05) is 24.3 Å². The Kier molecular flexibility index (Phi) is 7.30. The molecule has 5 N–H and O–H groups in total. The van der Waals surface area contributed by atoms with Crippen LogP contribution in [0.5, 0.6) is 5.88 Å². The van der Waals surface area contributed by atoms with Crippen LogP contribution in [0.1, 0.15) is 22.9 Å². The molecule has 0 bridgehead atoms. The minimum Gasteiger partial charge on any atom is -0.480 e. The molecule has 0 aliphatic carbocycles. The summed E-state index contributed by atoms with van der Waals surface area (Å²) in [6, 6.07) is 11.0. The molecule has 0 fully saturated rings. The van der Waals surface area contributed by atoms with Crippen molar-refractivity contribution in [3.8, 4) is 22.8 Å². The van der Waals surface area contributed by atoms with E-state index in [1.807, 2.05) is 0 Å². The van der Waals surface area contributed by atoms with Gasteiger partial charge < -0.3 is 21.3 Å². The molecular formula is C25H22F4N6O3. The third-order valence-corrected chi connectivity index (χ3v) is 5.52. The van der Waals surface area contributed by atoms with Gasteiger partial charge in [-0.05, 0) is 43.2 Å². The summed E-state index contributed by atoms with van der Waals surface area (Å²) in [5, 5.41) is 13.1. The van der Waals surface area contributed by atoms with Crippen LogP contribution in [0.25, 0.3) is 16.9 Å². The summed E-state index contributed by atoms with van der Waals surface area (Å²) in [5.41, 5.74) is 12.6. The van der Waals surface area contributed by atoms with E-state index in [-0.39, 0.29) is 23.8 Å². The van der Waals surface area contributed by atoms with E-state index in [4.69, 9.17) is 21.3 Å². The quantitative estimate of drug-likeness (QED) is 0.290. The fraction of sp³-hybridized carbons (Fsp3) is 0.200. The van der Waals surface area contributed by atoms with Gasteiger partial charge in [-0.2, -0.15) is 23.3 Å². The highest BCUT2D eigenvalue weighted by Crippen LogP contribution is 2.39. The van der Waals surface area contributed by atoms with Crippen molar-refractivity contribution >= 4 is 11.9 Å². The van der Waals surface area contributed by atoms with Crippen LogP contribution in [0.4, 0.5) is 23.5 Å². The molecule has 0 aliphatic heterocycles. The molecule has 13 heteroatoms. The van der Waals surface area contributed by atoms with Crippen LogP contribution >= 0.6 is 0 Å². The number of ether oxygens (including phenoxy) is 1. The summed E-state index contributed by atoms with van der Waals surface area (Å²) in [6.45, 7) is 1.66. The lowest BCUT2D eigenvalue weighted by Gasteiger charge is -2.24. The fourth-order valence-corrected chi connectivity index (χ4v) is 3.72. The Morgan fingerprint density at radius 1 is 1.11 bits per heavy atom. The molecule has 4 aromatic rings. The van der Waals surface area contributed by atoms with Crippen molar-refractivity contribution in [1.82, 2.24) is 19.7 Å². The lowest BCUT2D eigenvalue weighted by molar-refractivity contribution is -0.198. The Hall–Kier alpha value is -4.52. The number of anilines is 1. The number of hydrogen-bond donors (Lipinski definition) is 3. The van der Waals surface area contributed by atoms with Crippen molar-refractivity contribution in [3.05, 3.63) is 83.4 Å². The van der Waals surface area contributed by atoms with Gasteiger partial charge in [0.15, 0.2) is 0 Å². The van der Waals surface area contributed by atoms with Gasteiger partial charge in [0.1, 0.15) is 11.9 Å². The smallest absolute Gasteiger partial charge is 0.429 e. The van der Waals surface area contributed by atoms with Gasteiger partial charge in [0.25, 0.3) is 0 Å². The second kappa shape index (κ2) is 10.5. The molecule has 2 aromatic heterocycles. The molecule has 0 amide bonds. The molecule has 2 aromatic carbocycles. The second-order valence-corrected chi connectivity index (χ2v) is 8.44. The molecule has 0 saturated carbocycles. The maximum atomic E-state index is 14.2. The monoisotopic (exact) mass is 530 g/mol. The van der Waals surface area contributed by atoms with Gasteiger partial charge in [0.2, 0.25) is 17.9 Å². The Bertz CT molecular complexity index is 1460. The number of nitrogens with zero attached hydrogens (tertiary/aromatic N) is 4. The summed E-state index contributed by atoms with van der Waals surface area (Å²) < 4.78 is 63.4. The molecule has 2 atom stereocenters. The topological polar surface area (TPSA) is 142 Å². The Balaban J connectivity index is 1.69. The molecule has 1 unspecified atom stereocenters. The minimum atomic E-state index is -4.96. The number of carbonyl (C=O) groups is 1. The standard InChI is InChI=1S/C25H22F4N6O3/c1-13-8-9-35(34-13)20-7-6-16(26)11-17(20)22(25(27,28)29)38-21-12-19(32-24(31)33-21)15-4-2-14(3-5-15)10-18(30)23(36)37/h2-9,11-12,18,22H,10,30H2,1H3,(H,36,37)(H2,31,32,33)/t18?,22-/m0/s1. The zero-order valence-electron chi connectivity index (χ0n) is 19.9. The Labute approximate surface area is 213 Å². The van der Waals surface area contributed by atoms with E-state index >= 15 is 0 Å². The highest BCUT2D eigenvalue weighted by Gasteiger charge is 2.45. The summed E-state index contributed by atoms with van der Waals surface area (Å²) >= 11 is 0. The summed E-state index contributed by atoms with van der Waals surface area (Å²) in [5.74, 6) is -2.88. The molecular weight excluding hydrogens is 508 g/mol. The van der Waals surface area contributed by atoms with Crippen molar-refractivity contribution in [2.45, 2.75) is 31.7 Å². The maximum absolute atomic E-state index is 14.2. The van der Waals surface area contributed by atoms with E-state index in [1.54, 1.807) is 37.3 Å². The van der Waals surface area contributed by atoms with Crippen LogP contribution in [0.15, 0.2) is 60.8 Å². The highest BCUT2D eigenvalue weighted by atomic mass is 19.4. The number of carboxylic acid groups (broad SMARTS) is 1. The van der Waals surface area contributed by atoms with Gasteiger partial charge >= 0.3 is 12.1 Å². The number of alkyl halides is 3. The summed E-state index contributed by atoms with van der Waals surface area (Å²) in [6.07, 6.45) is -6.04. The lowest BCUT2D eigenvalue weighted by atomic mass is 10.0. The summed E-state index contributed by atoms with van der Waals surface area (Å²) in [4.78, 5) is 18.8. The molecule has 198 valence electrons. The molecule has 0 aliphatic rings. The lowest BCUT2D eigenvalue weighted by Crippen LogP contribution is -2.32. The van der Waals surface area contributed by atoms with Crippen LogP contribution in [0, 0.1) is 12.7 Å². The van der Waals surface area contributed by atoms with Crippen LogP contribution in [0.2, 0.25) is 0 Å². The minimum absolute atomic E-state index is 0.0285. The predicted molar refractivity (Wildman–Crippen MR) is 129 cm³/mol. The van der Waals surface area contributed by atoms with Gasteiger partial charge in [-0.15, -0.1) is 0 Å². The fourth-order valence-electron chi connectivity index (χ4n) is 3.72. The van der Waals surface area contributed by atoms with E-state index in [0.29, 0.717) is 16.8 Å². The number of aromatic nitrogens is 4. The third kappa shape index (κ3) is 6.06. The number of nitrogen functional groups attached to an aromatic ring is 1. The highest BCUT2D eigenvalue weighted by molar-refractivity contribution is 5.73. The average Bonchev–Trinajstić information content (AvgIpc) is 3.27. The van der Waals surface area contributed by atoms with Crippen molar-refractivity contribution < 1.29 is 32.2 Å². The van der Waals surface area contributed by atoms with E-state index in [0.717, 1.165) is 12.1 Å². The molecule has 38 heavy (non-hydrogen) atoms. The van der Waals surface area contributed by atoms with Crippen molar-refractivity contribution in [2.24, 2.45) is 5.73 Å². The van der Waals surface area contributed by atoms with Crippen LogP contribution in [0.3, 0.4) is 0 Å². The van der Waals surface area contributed by atoms with Crippen molar-refractivity contribution in [2.75, 3.05) is 5.73 Å². The van der Waals surface area contributed by atoms with E-state index in [2.05, 4.69) is 15.1 Å². The molecule has 4 rings (SSSR count). The first-order valence-corrected chi connectivity index (χ1v) is 11.2. The Morgan fingerprint density at radius 2 is 1.82 bits per heavy atom. The normalized spacial score (nSPS) is 13.2. The number of benzene rings is 2. The summed E-state index contributed by atoms with van der Waals surface area (Å²) in [7, 11) is 0. The van der Waals surface area contributed by atoms with Gasteiger partial charge in [0, 0.05) is 23.4 Å². The second-order valence-electron chi connectivity index (χ2n) is 8.44. The van der Waals surface area contributed by atoms with E-state index < -0.39 is 41.6 Å². The van der Waals surface area contributed by atoms with Gasteiger partial charge in [-0.25, -0.2) is 14.1 Å². The average molecular weight is 530 g/mol. The molecule has 0 spiro atoms. The number of aliphatic carboxylic acids is 1. The first-order valence-electron chi connectivity index (χ1n) is 11.2. The van der Waals surface area contributed by atoms with Gasteiger partial charge in [0.05, 0.1) is 17.1 Å². The zero-order chi connectivity index (χ0) is 27.6. The van der Waals surface area contributed by atoms with E-state index in [1.165, 1.54) is 23.0 Å². The molecule has 0 radical (unpaired) electrons. The third-order valence-electron chi connectivity index (χ3n) is 5.52. The van der Waals surface area contributed by atoms with Crippen LogP contribution < -0.4 is 16.2 Å². The predicted octanol–water partition coefficient (Wildman–Crippen LogP) is 4.00. The maximum Gasteiger partial charge on any atom is 0.429 e. The number of rotatable bonds is 8. The van der Waals surface area contributed by atoms with Crippen molar-refractivity contribution in [3.63, 3.8) is 0 Å². The number of halogens is 4. The van der Waals surface area contributed by atoms with Crippen LogP contribution in [-0.4, -0.2) is 43.0 Å². The van der Waals surface area contributed by atoms with E-state index in [9.17, 15) is 22.4 Å². The van der Waals surface area contributed by atoms with Gasteiger partial charge in [-0.3, -0.25) is 4.79 Å². The number of carboxylic acids is 1. The molecule has 2 heterocycles. The number of nitrogens with two attached hydrogens (primary N) is 2. The first-order chi connectivity index (χ1) is 17.9. The Morgan fingerprint density at radius 3 is 2.42 bits per heavy atom. The first kappa shape index (κ1) is 26.5. The SMILES string of the molecule is Cc1ccn(-c2ccc(F)cc2[C@H](Oc2cc(-c3ccc(CC(N)C(=O)O)cc3)nc(N)n2)C(F)(F)F)n1. The number of aryl methyl sites for hydroxylation is 1. The van der Waals surface area contributed by atoms with Crippen molar-refractivity contribution in [1.29, 1.82) is 0 Å². The molecule has 9 nitrogen and oxygen atoms in total. The molecule has 0 saturated heterocycles. The van der Waals surface area contributed by atoms with Crippen LogP contribution in [-0.2, 0) is 11.2 Å².